The lowest BCUT2D eigenvalue weighted by Gasteiger charge is -2.13. The van der Waals surface area contributed by atoms with Crippen molar-refractivity contribution in [2.75, 3.05) is 5.32 Å². The number of alkyl halides is 3. The Labute approximate surface area is 203 Å². The predicted octanol–water partition coefficient (Wildman–Crippen LogP) is 6.64. The van der Waals surface area contributed by atoms with Crippen LogP contribution in [0.25, 0.3) is 11.1 Å². The van der Waals surface area contributed by atoms with Crippen LogP contribution in [0.1, 0.15) is 11.1 Å². The Kier molecular flexibility index (Phi) is 6.05. The van der Waals surface area contributed by atoms with Gasteiger partial charge in [-0.25, -0.2) is 9.37 Å². The first kappa shape index (κ1) is 23.3. The minimum absolute atomic E-state index is 0.0879. The van der Waals surface area contributed by atoms with Crippen LogP contribution in [0.15, 0.2) is 85.1 Å². The number of hydrogen-bond donors (Lipinski definition) is 1. The van der Waals surface area contributed by atoms with E-state index in [1.165, 1.54) is 6.20 Å². The summed E-state index contributed by atoms with van der Waals surface area (Å²) in [6.07, 6.45) is -4.17. The number of benzene rings is 3. The number of rotatable bonds is 5. The highest BCUT2D eigenvalue weighted by Gasteiger charge is 2.35. The molecule has 0 saturated heterocycles. The Balaban J connectivity index is 1.40. The molecule has 1 atom stereocenters. The molecular formula is C27H18F4N2O3. The van der Waals surface area contributed by atoms with E-state index in [0.717, 1.165) is 11.1 Å². The number of nitrogens with one attached hydrogen (secondary N) is 1. The molecular weight excluding hydrogens is 476 g/mol. The molecule has 0 radical (unpaired) electrons. The Bertz CT molecular complexity index is 1420. The van der Waals surface area contributed by atoms with Crippen molar-refractivity contribution in [1.29, 1.82) is 0 Å². The minimum Gasteiger partial charge on any atom is -0.464 e. The zero-order valence-electron chi connectivity index (χ0n) is 18.6. The molecule has 36 heavy (non-hydrogen) atoms. The van der Waals surface area contributed by atoms with Gasteiger partial charge in [0.15, 0.2) is 6.10 Å². The van der Waals surface area contributed by atoms with Gasteiger partial charge >= 0.3 is 6.18 Å². The molecule has 2 heterocycles. The zero-order chi connectivity index (χ0) is 25.3. The van der Waals surface area contributed by atoms with Crippen LogP contribution in [-0.2, 0) is 17.4 Å². The van der Waals surface area contributed by atoms with Crippen LogP contribution in [0.4, 0.5) is 23.2 Å². The fourth-order valence-corrected chi connectivity index (χ4v) is 3.94. The molecule has 0 bridgehead atoms. The number of hydrogen-bond acceptors (Lipinski definition) is 4. The van der Waals surface area contributed by atoms with Gasteiger partial charge < -0.3 is 14.8 Å². The normalized spacial score (nSPS) is 14.6. The van der Waals surface area contributed by atoms with Crippen LogP contribution in [0.3, 0.4) is 0 Å². The van der Waals surface area contributed by atoms with Crippen LogP contribution in [0.2, 0.25) is 0 Å². The Hall–Kier alpha value is -4.40. The van der Waals surface area contributed by atoms with Crippen LogP contribution in [0, 0.1) is 5.82 Å². The van der Waals surface area contributed by atoms with E-state index < -0.39 is 35.3 Å². The van der Waals surface area contributed by atoms with Crippen LogP contribution in [-0.4, -0.2) is 17.0 Å². The molecule has 1 unspecified atom stereocenters. The number of carbonyl (C=O) groups excluding carboxylic acids is 1. The molecule has 9 heteroatoms. The number of fused-ring (bicyclic) bond motifs is 1. The molecule has 0 aliphatic carbocycles. The van der Waals surface area contributed by atoms with Gasteiger partial charge in [0, 0.05) is 23.7 Å². The number of para-hydroxylation sites is 2. The molecule has 0 spiro atoms. The molecule has 0 fully saturated rings. The highest BCUT2D eigenvalue weighted by atomic mass is 19.4. The van der Waals surface area contributed by atoms with Gasteiger partial charge in [0.25, 0.3) is 5.91 Å². The maximum Gasteiger partial charge on any atom is 0.416 e. The zero-order valence-corrected chi connectivity index (χ0v) is 18.6. The van der Waals surface area contributed by atoms with Gasteiger partial charge in [0.1, 0.15) is 17.3 Å². The van der Waals surface area contributed by atoms with Gasteiger partial charge in [0.2, 0.25) is 5.88 Å². The largest absolute Gasteiger partial charge is 0.464 e. The SMILES string of the molecule is O=C(Nc1cc(C(F)(F)F)ccc1F)C1Cc2c(-c3ccccc3Oc3ccccc3)ccnc2O1. The summed E-state index contributed by atoms with van der Waals surface area (Å²) in [4.78, 5) is 17.0. The first-order valence-corrected chi connectivity index (χ1v) is 10.9. The van der Waals surface area contributed by atoms with Crippen LogP contribution >= 0.6 is 0 Å². The van der Waals surface area contributed by atoms with Crippen molar-refractivity contribution in [3.63, 3.8) is 0 Å². The van der Waals surface area contributed by atoms with E-state index in [2.05, 4.69) is 10.3 Å². The molecule has 1 aliphatic rings. The van der Waals surface area contributed by atoms with Crippen LogP contribution < -0.4 is 14.8 Å². The van der Waals surface area contributed by atoms with Crippen molar-refractivity contribution in [3.05, 3.63) is 102 Å². The Morgan fingerprint density at radius 2 is 1.72 bits per heavy atom. The number of aromatic nitrogens is 1. The molecule has 1 amide bonds. The second kappa shape index (κ2) is 9.33. The maximum atomic E-state index is 14.1. The summed E-state index contributed by atoms with van der Waals surface area (Å²) in [6, 6.07) is 20.2. The second-order valence-electron chi connectivity index (χ2n) is 8.05. The molecule has 4 aromatic rings. The standard InChI is InChI=1S/C27H18F4N2O3/c28-21-11-10-16(27(29,30)31)14-22(21)33-25(34)24-15-20-18(12-13-32-26(20)36-24)19-8-4-5-9-23(19)35-17-6-2-1-3-7-17/h1-14,24H,15H2,(H,33,34). The lowest BCUT2D eigenvalue weighted by atomic mass is 9.98. The summed E-state index contributed by atoms with van der Waals surface area (Å²) >= 11 is 0. The lowest BCUT2D eigenvalue weighted by molar-refractivity contribution is -0.137. The summed E-state index contributed by atoms with van der Waals surface area (Å²) in [5.41, 5.74) is 0.449. The predicted molar refractivity (Wildman–Crippen MR) is 124 cm³/mol. The third kappa shape index (κ3) is 4.72. The van der Waals surface area contributed by atoms with E-state index in [-0.39, 0.29) is 12.3 Å². The van der Waals surface area contributed by atoms with Gasteiger partial charge in [-0.1, -0.05) is 36.4 Å². The quantitative estimate of drug-likeness (QED) is 0.316. The number of ether oxygens (including phenoxy) is 2. The topological polar surface area (TPSA) is 60.5 Å². The third-order valence-electron chi connectivity index (χ3n) is 5.65. The van der Waals surface area contributed by atoms with E-state index in [1.807, 2.05) is 54.6 Å². The summed E-state index contributed by atoms with van der Waals surface area (Å²) in [6.45, 7) is 0. The van der Waals surface area contributed by atoms with Crippen molar-refractivity contribution in [2.45, 2.75) is 18.7 Å². The average molecular weight is 494 g/mol. The van der Waals surface area contributed by atoms with Gasteiger partial charge in [0.05, 0.1) is 11.3 Å². The van der Waals surface area contributed by atoms with E-state index in [0.29, 0.717) is 35.3 Å². The second-order valence-corrected chi connectivity index (χ2v) is 8.05. The molecule has 1 N–H and O–H groups in total. The fourth-order valence-electron chi connectivity index (χ4n) is 3.94. The minimum atomic E-state index is -4.68. The number of pyridine rings is 1. The lowest BCUT2D eigenvalue weighted by Crippen LogP contribution is -2.32. The first-order valence-electron chi connectivity index (χ1n) is 10.9. The summed E-state index contributed by atoms with van der Waals surface area (Å²) in [5.74, 6) is -0.335. The number of nitrogens with zero attached hydrogens (tertiary/aromatic N) is 1. The van der Waals surface area contributed by atoms with E-state index in [9.17, 15) is 22.4 Å². The molecule has 5 rings (SSSR count). The van der Waals surface area contributed by atoms with E-state index >= 15 is 0 Å². The van der Waals surface area contributed by atoms with Gasteiger partial charge in [-0.3, -0.25) is 4.79 Å². The Morgan fingerprint density at radius 3 is 2.50 bits per heavy atom. The summed E-state index contributed by atoms with van der Waals surface area (Å²) in [7, 11) is 0. The van der Waals surface area contributed by atoms with Crippen molar-refractivity contribution < 1.29 is 31.8 Å². The summed E-state index contributed by atoms with van der Waals surface area (Å²) < 4.78 is 64.9. The first-order chi connectivity index (χ1) is 17.3. The molecule has 182 valence electrons. The summed E-state index contributed by atoms with van der Waals surface area (Å²) in [5, 5.41) is 2.21. The van der Waals surface area contributed by atoms with Crippen molar-refractivity contribution >= 4 is 11.6 Å². The molecule has 1 aliphatic heterocycles. The molecule has 5 nitrogen and oxygen atoms in total. The van der Waals surface area contributed by atoms with E-state index in [1.54, 1.807) is 6.07 Å². The van der Waals surface area contributed by atoms with Crippen molar-refractivity contribution in [2.24, 2.45) is 0 Å². The highest BCUT2D eigenvalue weighted by Crippen LogP contribution is 2.40. The third-order valence-corrected chi connectivity index (χ3v) is 5.65. The number of carbonyl (C=O) groups is 1. The van der Waals surface area contributed by atoms with Gasteiger partial charge in [-0.2, -0.15) is 13.2 Å². The van der Waals surface area contributed by atoms with Crippen molar-refractivity contribution in [3.8, 4) is 28.5 Å². The molecule has 0 saturated carbocycles. The maximum absolute atomic E-state index is 14.1. The molecule has 1 aromatic heterocycles. The van der Waals surface area contributed by atoms with E-state index in [4.69, 9.17) is 9.47 Å². The van der Waals surface area contributed by atoms with Gasteiger partial charge in [-0.15, -0.1) is 0 Å². The fraction of sp³-hybridized carbons (Fsp3) is 0.111. The smallest absolute Gasteiger partial charge is 0.416 e. The van der Waals surface area contributed by atoms with Crippen molar-refractivity contribution in [1.82, 2.24) is 4.98 Å². The average Bonchev–Trinajstić information content (AvgIpc) is 3.31. The Morgan fingerprint density at radius 1 is 0.972 bits per heavy atom. The number of anilines is 1. The highest BCUT2D eigenvalue weighted by molar-refractivity contribution is 5.95. The molecule has 3 aromatic carbocycles. The number of halogens is 4. The number of amides is 1. The van der Waals surface area contributed by atoms with Crippen LogP contribution in [0.5, 0.6) is 17.4 Å². The van der Waals surface area contributed by atoms with Gasteiger partial charge in [-0.05, 0) is 48.0 Å². The monoisotopic (exact) mass is 494 g/mol.